The molecule has 10 nitrogen and oxygen atoms in total. The lowest BCUT2D eigenvalue weighted by Crippen LogP contribution is -2.32. The van der Waals surface area contributed by atoms with E-state index in [0.29, 0.717) is 56.6 Å². The van der Waals surface area contributed by atoms with E-state index in [0.717, 1.165) is 44.4 Å². The number of rotatable bonds is 14. The Kier molecular flexibility index (Phi) is 11.7. The lowest BCUT2D eigenvalue weighted by atomic mass is 9.99. The standard InChI is InChI=1S/C44H45N5O5/c45-37-10-1-2-11-38(37)48-43(52)15-6-5-14-42(51)46-26-31-8-7-9-35(24-31)32-20-22-34(23-21-32)44-53-36(27-49-29-47-39-12-3-4-13-40(39)49)25-41(54-44)33-18-16-30(28-50)17-19-33/h1-4,7-13,16-24,29,36,41,44,50H,5-6,14-15,25-28,45H2,(H,46,51)(H,48,52)/t36-,41+,44+/m0/s1. The van der Waals surface area contributed by atoms with Gasteiger partial charge in [-0.15, -0.1) is 0 Å². The number of benzene rings is 5. The molecule has 2 heterocycles. The summed E-state index contributed by atoms with van der Waals surface area (Å²) in [7, 11) is 0. The van der Waals surface area contributed by atoms with E-state index in [1.54, 1.807) is 12.1 Å². The third-order valence-electron chi connectivity index (χ3n) is 9.77. The number of hydrogen-bond donors (Lipinski definition) is 4. The molecule has 5 N–H and O–H groups in total. The van der Waals surface area contributed by atoms with Crippen molar-refractivity contribution in [2.24, 2.45) is 0 Å². The van der Waals surface area contributed by atoms with Crippen LogP contribution in [-0.4, -0.2) is 32.6 Å². The number of amides is 2. The molecule has 1 saturated heterocycles. The molecule has 5 aromatic carbocycles. The maximum Gasteiger partial charge on any atom is 0.224 e. The number of aromatic nitrogens is 2. The topological polar surface area (TPSA) is 141 Å². The predicted molar refractivity (Wildman–Crippen MR) is 210 cm³/mol. The van der Waals surface area contributed by atoms with E-state index in [9.17, 15) is 14.7 Å². The number of nitrogens with one attached hydrogen (secondary N) is 2. The summed E-state index contributed by atoms with van der Waals surface area (Å²) in [6.45, 7) is 1.04. The van der Waals surface area contributed by atoms with Crippen LogP contribution in [0.1, 0.15) is 66.8 Å². The summed E-state index contributed by atoms with van der Waals surface area (Å²) >= 11 is 0. The molecular formula is C44H45N5O5. The highest BCUT2D eigenvalue weighted by Crippen LogP contribution is 2.39. The van der Waals surface area contributed by atoms with Crippen LogP contribution in [0.25, 0.3) is 22.2 Å². The van der Waals surface area contributed by atoms with Crippen LogP contribution in [0.15, 0.2) is 128 Å². The van der Waals surface area contributed by atoms with Gasteiger partial charge in [0.1, 0.15) is 0 Å². The number of carbonyl (C=O) groups is 2. The molecule has 1 aliphatic rings. The summed E-state index contributed by atoms with van der Waals surface area (Å²) in [4.78, 5) is 29.4. The summed E-state index contributed by atoms with van der Waals surface area (Å²) < 4.78 is 15.3. The summed E-state index contributed by atoms with van der Waals surface area (Å²) in [5.74, 6) is -0.165. The Bertz CT molecular complexity index is 2180. The third-order valence-corrected chi connectivity index (χ3v) is 9.77. The first kappa shape index (κ1) is 36.5. The Hall–Kier alpha value is -5.81. The maximum atomic E-state index is 12.6. The quantitative estimate of drug-likeness (QED) is 0.0663. The minimum atomic E-state index is -0.575. The molecule has 1 fully saturated rings. The number of para-hydroxylation sites is 4. The summed E-state index contributed by atoms with van der Waals surface area (Å²) in [6, 6.07) is 39.5. The summed E-state index contributed by atoms with van der Waals surface area (Å²) in [5.41, 5.74) is 14.9. The minimum Gasteiger partial charge on any atom is -0.397 e. The number of hydrogen-bond acceptors (Lipinski definition) is 7. The van der Waals surface area contributed by atoms with Crippen molar-refractivity contribution in [3.05, 3.63) is 150 Å². The van der Waals surface area contributed by atoms with Gasteiger partial charge in [0.2, 0.25) is 11.8 Å². The van der Waals surface area contributed by atoms with Crippen molar-refractivity contribution in [1.29, 1.82) is 0 Å². The van der Waals surface area contributed by atoms with Gasteiger partial charge in [-0.2, -0.15) is 0 Å². The highest BCUT2D eigenvalue weighted by Gasteiger charge is 2.32. The van der Waals surface area contributed by atoms with Crippen LogP contribution in [0.5, 0.6) is 0 Å². The fourth-order valence-electron chi connectivity index (χ4n) is 6.79. The molecule has 3 atom stereocenters. The molecule has 1 aliphatic heterocycles. The molecule has 0 aliphatic carbocycles. The van der Waals surface area contributed by atoms with Crippen molar-refractivity contribution in [2.45, 2.75) is 70.3 Å². The molecule has 276 valence electrons. The number of nitrogen functional groups attached to an aromatic ring is 1. The van der Waals surface area contributed by atoms with Gasteiger partial charge in [-0.3, -0.25) is 9.59 Å². The van der Waals surface area contributed by atoms with Gasteiger partial charge >= 0.3 is 0 Å². The molecular weight excluding hydrogens is 679 g/mol. The van der Waals surface area contributed by atoms with Crippen molar-refractivity contribution < 1.29 is 24.2 Å². The van der Waals surface area contributed by atoms with Crippen LogP contribution in [0.4, 0.5) is 11.4 Å². The fourth-order valence-corrected chi connectivity index (χ4v) is 6.79. The number of ether oxygens (including phenoxy) is 2. The number of fused-ring (bicyclic) bond motifs is 1. The van der Waals surface area contributed by atoms with E-state index in [-0.39, 0.29) is 30.6 Å². The van der Waals surface area contributed by atoms with Gasteiger partial charge in [-0.25, -0.2) is 4.98 Å². The molecule has 2 amide bonds. The second-order valence-corrected chi connectivity index (χ2v) is 13.7. The number of imidazole rings is 1. The second-order valence-electron chi connectivity index (χ2n) is 13.7. The molecule has 0 unspecified atom stereocenters. The maximum absolute atomic E-state index is 12.6. The van der Waals surface area contributed by atoms with Gasteiger partial charge < -0.3 is 35.5 Å². The molecule has 0 bridgehead atoms. The van der Waals surface area contributed by atoms with Crippen LogP contribution in [0.2, 0.25) is 0 Å². The van der Waals surface area contributed by atoms with Crippen molar-refractivity contribution in [2.75, 3.05) is 11.1 Å². The van der Waals surface area contributed by atoms with Crippen molar-refractivity contribution in [1.82, 2.24) is 14.9 Å². The molecule has 7 rings (SSSR count). The van der Waals surface area contributed by atoms with Crippen LogP contribution >= 0.6 is 0 Å². The third kappa shape index (κ3) is 9.21. The van der Waals surface area contributed by atoms with Gasteiger partial charge in [-0.1, -0.05) is 91.0 Å². The van der Waals surface area contributed by atoms with Crippen LogP contribution in [0.3, 0.4) is 0 Å². The number of unbranched alkanes of at least 4 members (excludes halogenated alkanes) is 1. The van der Waals surface area contributed by atoms with Gasteiger partial charge in [0.15, 0.2) is 6.29 Å². The highest BCUT2D eigenvalue weighted by atomic mass is 16.7. The molecule has 0 spiro atoms. The first-order chi connectivity index (χ1) is 26.4. The van der Waals surface area contributed by atoms with Crippen molar-refractivity contribution in [3.8, 4) is 11.1 Å². The van der Waals surface area contributed by atoms with E-state index >= 15 is 0 Å². The number of carbonyl (C=O) groups excluding carboxylic acids is 2. The van der Waals surface area contributed by atoms with Crippen LogP contribution in [-0.2, 0) is 38.8 Å². The summed E-state index contributed by atoms with van der Waals surface area (Å²) in [5, 5.41) is 15.4. The van der Waals surface area contributed by atoms with Crippen LogP contribution in [0, 0.1) is 0 Å². The predicted octanol–water partition coefficient (Wildman–Crippen LogP) is 7.84. The molecule has 0 radical (unpaired) electrons. The van der Waals surface area contributed by atoms with Crippen molar-refractivity contribution in [3.63, 3.8) is 0 Å². The monoisotopic (exact) mass is 723 g/mol. The normalized spacial score (nSPS) is 16.9. The summed E-state index contributed by atoms with van der Waals surface area (Å²) in [6.07, 6.45) is 3.53. The van der Waals surface area contributed by atoms with Crippen LogP contribution < -0.4 is 16.4 Å². The zero-order chi connectivity index (χ0) is 37.3. The average Bonchev–Trinajstić information content (AvgIpc) is 3.62. The lowest BCUT2D eigenvalue weighted by molar-refractivity contribution is -0.252. The zero-order valence-corrected chi connectivity index (χ0v) is 30.1. The van der Waals surface area contributed by atoms with E-state index in [1.165, 1.54) is 0 Å². The second kappa shape index (κ2) is 17.3. The Morgan fingerprint density at radius 3 is 2.31 bits per heavy atom. The minimum absolute atomic E-state index is 0.00662. The van der Waals surface area contributed by atoms with E-state index < -0.39 is 6.29 Å². The number of anilines is 2. The molecule has 6 aromatic rings. The number of aliphatic hydroxyl groups is 1. The van der Waals surface area contributed by atoms with Crippen molar-refractivity contribution >= 4 is 34.2 Å². The van der Waals surface area contributed by atoms with E-state index in [1.807, 2.05) is 85.2 Å². The molecule has 10 heteroatoms. The number of aliphatic hydroxyl groups excluding tert-OH is 1. The Labute approximate surface area is 315 Å². The number of nitrogens with two attached hydrogens (primary N) is 1. The molecule has 1 aromatic heterocycles. The smallest absolute Gasteiger partial charge is 0.224 e. The largest absolute Gasteiger partial charge is 0.397 e. The Balaban J connectivity index is 0.951. The van der Waals surface area contributed by atoms with Gasteiger partial charge in [0, 0.05) is 31.4 Å². The first-order valence-corrected chi connectivity index (χ1v) is 18.4. The molecule has 54 heavy (non-hydrogen) atoms. The number of nitrogens with zero attached hydrogens (tertiary/aromatic N) is 2. The Morgan fingerprint density at radius 2 is 1.52 bits per heavy atom. The van der Waals surface area contributed by atoms with E-state index in [4.69, 9.17) is 15.2 Å². The van der Waals surface area contributed by atoms with Gasteiger partial charge in [-0.05, 0) is 71.0 Å². The van der Waals surface area contributed by atoms with Gasteiger partial charge in [0.25, 0.3) is 0 Å². The lowest BCUT2D eigenvalue weighted by Gasteiger charge is -2.36. The Morgan fingerprint density at radius 1 is 0.778 bits per heavy atom. The first-order valence-electron chi connectivity index (χ1n) is 18.4. The van der Waals surface area contributed by atoms with Gasteiger partial charge in [0.05, 0.1) is 54.1 Å². The average molecular weight is 724 g/mol. The fraction of sp³-hybridized carbons (Fsp3) is 0.250. The van der Waals surface area contributed by atoms with E-state index in [2.05, 4.69) is 50.5 Å². The SMILES string of the molecule is Nc1ccccc1NC(=O)CCCCC(=O)NCc1cccc(-c2ccc([C@@H]3O[C@H](Cn4cnc5ccccc54)C[C@H](c4ccc(CO)cc4)O3)cc2)c1. The molecule has 0 saturated carbocycles. The highest BCUT2D eigenvalue weighted by molar-refractivity contribution is 5.93. The zero-order valence-electron chi connectivity index (χ0n) is 30.1.